The summed E-state index contributed by atoms with van der Waals surface area (Å²) in [6.45, 7) is 3.56. The van der Waals surface area contributed by atoms with Crippen LogP contribution in [0.3, 0.4) is 0 Å². The standard InChI is InChI=1S/C27H28N2O7/c1-3-35-26(33)17-5-9-19(10-6-17)28-23(30)15-36-27(34)18-7-11-20(12-8-18)29-24(31)21-13-4-16(2)14-22(21)25(29)32/h5-12,16,21-22H,3-4,13-15H2,1-2H3,(H,28,30)/t16-,21+,22+/m0/s1. The third-order valence-corrected chi connectivity index (χ3v) is 6.56. The maximum atomic E-state index is 12.9. The summed E-state index contributed by atoms with van der Waals surface area (Å²) in [5.74, 6) is -2.20. The molecule has 1 heterocycles. The molecule has 2 aromatic carbocycles. The zero-order valence-corrected chi connectivity index (χ0v) is 20.2. The molecule has 2 aliphatic rings. The molecule has 9 heteroatoms. The Bertz CT molecular complexity index is 1170. The lowest BCUT2D eigenvalue weighted by molar-refractivity contribution is -0.122. The van der Waals surface area contributed by atoms with Gasteiger partial charge in [-0.3, -0.25) is 19.3 Å². The van der Waals surface area contributed by atoms with Gasteiger partial charge < -0.3 is 14.8 Å². The average molecular weight is 493 g/mol. The van der Waals surface area contributed by atoms with E-state index in [0.717, 1.165) is 12.8 Å². The van der Waals surface area contributed by atoms with Crippen molar-refractivity contribution in [1.82, 2.24) is 0 Å². The summed E-state index contributed by atoms with van der Waals surface area (Å²) in [6, 6.07) is 12.1. The summed E-state index contributed by atoms with van der Waals surface area (Å²) in [7, 11) is 0. The van der Waals surface area contributed by atoms with E-state index in [-0.39, 0.29) is 35.8 Å². The SMILES string of the molecule is CCOC(=O)c1ccc(NC(=O)COC(=O)c2ccc(N3C(=O)[C@@H]4CC[C@H](C)C[C@H]4C3=O)cc2)cc1. The van der Waals surface area contributed by atoms with Gasteiger partial charge in [-0.15, -0.1) is 0 Å². The van der Waals surface area contributed by atoms with Gasteiger partial charge in [-0.2, -0.15) is 0 Å². The Morgan fingerprint density at radius 2 is 1.44 bits per heavy atom. The molecule has 0 unspecified atom stereocenters. The minimum Gasteiger partial charge on any atom is -0.462 e. The van der Waals surface area contributed by atoms with Gasteiger partial charge in [-0.25, -0.2) is 9.59 Å². The molecular weight excluding hydrogens is 464 g/mol. The van der Waals surface area contributed by atoms with Crippen molar-refractivity contribution in [1.29, 1.82) is 0 Å². The van der Waals surface area contributed by atoms with E-state index in [2.05, 4.69) is 12.2 Å². The molecule has 1 N–H and O–H groups in total. The summed E-state index contributed by atoms with van der Waals surface area (Å²) in [6.07, 6.45) is 2.37. The number of carbonyl (C=O) groups is 5. The summed E-state index contributed by atoms with van der Waals surface area (Å²) in [5.41, 5.74) is 1.40. The van der Waals surface area contributed by atoms with Gasteiger partial charge in [0, 0.05) is 5.69 Å². The number of nitrogens with zero attached hydrogens (tertiary/aromatic N) is 1. The number of amides is 3. The second kappa shape index (κ2) is 10.7. The van der Waals surface area contributed by atoms with Gasteiger partial charge >= 0.3 is 11.9 Å². The molecule has 1 saturated carbocycles. The van der Waals surface area contributed by atoms with Crippen molar-refractivity contribution < 1.29 is 33.4 Å². The number of carbonyl (C=O) groups excluding carboxylic acids is 5. The summed E-state index contributed by atoms with van der Waals surface area (Å²) < 4.78 is 9.99. The molecule has 3 atom stereocenters. The van der Waals surface area contributed by atoms with Crippen molar-refractivity contribution in [3.8, 4) is 0 Å². The Labute approximate surface area is 208 Å². The molecule has 3 amide bonds. The number of imide groups is 1. The fourth-order valence-corrected chi connectivity index (χ4v) is 4.71. The molecule has 0 radical (unpaired) electrons. The van der Waals surface area contributed by atoms with Crippen molar-refractivity contribution in [2.24, 2.45) is 17.8 Å². The highest BCUT2D eigenvalue weighted by Gasteiger charge is 2.49. The molecule has 0 bridgehead atoms. The van der Waals surface area contributed by atoms with E-state index in [1.807, 2.05) is 0 Å². The number of hydrogen-bond donors (Lipinski definition) is 1. The number of benzene rings is 2. The second-order valence-electron chi connectivity index (χ2n) is 9.11. The van der Waals surface area contributed by atoms with Crippen LogP contribution in [0.15, 0.2) is 48.5 Å². The van der Waals surface area contributed by atoms with E-state index in [1.165, 1.54) is 29.2 Å². The molecule has 188 valence electrons. The fraction of sp³-hybridized carbons (Fsp3) is 0.370. The van der Waals surface area contributed by atoms with Crippen LogP contribution in [0.5, 0.6) is 0 Å². The van der Waals surface area contributed by atoms with Crippen LogP contribution in [-0.4, -0.2) is 42.9 Å². The van der Waals surface area contributed by atoms with Crippen LogP contribution in [0.4, 0.5) is 11.4 Å². The second-order valence-corrected chi connectivity index (χ2v) is 9.11. The molecule has 36 heavy (non-hydrogen) atoms. The van der Waals surface area contributed by atoms with Crippen LogP contribution in [0.1, 0.15) is 53.8 Å². The summed E-state index contributed by atoms with van der Waals surface area (Å²) >= 11 is 0. The zero-order chi connectivity index (χ0) is 25.8. The number of ether oxygens (including phenoxy) is 2. The molecular formula is C27H28N2O7. The number of rotatable bonds is 7. The van der Waals surface area contributed by atoms with E-state index in [0.29, 0.717) is 29.3 Å². The molecule has 1 aliphatic heterocycles. The van der Waals surface area contributed by atoms with Crippen LogP contribution >= 0.6 is 0 Å². The smallest absolute Gasteiger partial charge is 0.338 e. The third kappa shape index (κ3) is 5.30. The van der Waals surface area contributed by atoms with Crippen LogP contribution < -0.4 is 10.2 Å². The predicted octanol–water partition coefficient (Wildman–Crippen LogP) is 3.58. The molecule has 2 fully saturated rings. The van der Waals surface area contributed by atoms with E-state index >= 15 is 0 Å². The van der Waals surface area contributed by atoms with Gasteiger partial charge in [0.2, 0.25) is 11.8 Å². The Hall–Kier alpha value is -4.01. The highest BCUT2D eigenvalue weighted by atomic mass is 16.5. The van der Waals surface area contributed by atoms with Crippen molar-refractivity contribution in [3.63, 3.8) is 0 Å². The number of hydrogen-bond acceptors (Lipinski definition) is 7. The van der Waals surface area contributed by atoms with Gasteiger partial charge in [0.05, 0.1) is 35.3 Å². The Kier molecular flexibility index (Phi) is 7.47. The third-order valence-electron chi connectivity index (χ3n) is 6.56. The first-order valence-corrected chi connectivity index (χ1v) is 12.0. The van der Waals surface area contributed by atoms with E-state index < -0.39 is 24.5 Å². The zero-order valence-electron chi connectivity index (χ0n) is 20.2. The van der Waals surface area contributed by atoms with Crippen molar-refractivity contribution in [2.75, 3.05) is 23.4 Å². The normalized spacial score (nSPS) is 21.1. The lowest BCUT2D eigenvalue weighted by Gasteiger charge is -2.25. The minimum absolute atomic E-state index is 0.181. The minimum atomic E-state index is -0.712. The van der Waals surface area contributed by atoms with Crippen LogP contribution in [0, 0.1) is 17.8 Å². The lowest BCUT2D eigenvalue weighted by Crippen LogP contribution is -2.30. The number of nitrogens with one attached hydrogen (secondary N) is 1. The molecule has 4 rings (SSSR count). The average Bonchev–Trinajstić information content (AvgIpc) is 3.12. The highest BCUT2D eigenvalue weighted by molar-refractivity contribution is 6.22. The van der Waals surface area contributed by atoms with Gasteiger partial charge in [0.25, 0.3) is 5.91 Å². The quantitative estimate of drug-likeness (QED) is 0.463. The van der Waals surface area contributed by atoms with Crippen LogP contribution in [-0.2, 0) is 23.9 Å². The molecule has 0 spiro atoms. The first kappa shape index (κ1) is 25.1. The number of esters is 2. The van der Waals surface area contributed by atoms with E-state index in [9.17, 15) is 24.0 Å². The first-order chi connectivity index (χ1) is 17.3. The van der Waals surface area contributed by atoms with Crippen LogP contribution in [0.2, 0.25) is 0 Å². The predicted molar refractivity (Wildman–Crippen MR) is 130 cm³/mol. The number of anilines is 2. The van der Waals surface area contributed by atoms with E-state index in [4.69, 9.17) is 9.47 Å². The van der Waals surface area contributed by atoms with Crippen LogP contribution in [0.25, 0.3) is 0 Å². The van der Waals surface area contributed by atoms with Gasteiger partial charge in [-0.05, 0) is 80.6 Å². The van der Waals surface area contributed by atoms with E-state index in [1.54, 1.807) is 31.2 Å². The van der Waals surface area contributed by atoms with Crippen molar-refractivity contribution >= 4 is 41.0 Å². The maximum Gasteiger partial charge on any atom is 0.338 e. The molecule has 1 aliphatic carbocycles. The maximum absolute atomic E-state index is 12.9. The fourth-order valence-electron chi connectivity index (χ4n) is 4.71. The monoisotopic (exact) mass is 492 g/mol. The van der Waals surface area contributed by atoms with Gasteiger partial charge in [0.1, 0.15) is 0 Å². The van der Waals surface area contributed by atoms with Gasteiger partial charge in [-0.1, -0.05) is 6.92 Å². The molecule has 9 nitrogen and oxygen atoms in total. The highest BCUT2D eigenvalue weighted by Crippen LogP contribution is 2.42. The van der Waals surface area contributed by atoms with Crippen molar-refractivity contribution in [3.05, 3.63) is 59.7 Å². The Morgan fingerprint density at radius 3 is 2.08 bits per heavy atom. The first-order valence-electron chi connectivity index (χ1n) is 12.0. The Morgan fingerprint density at radius 1 is 0.861 bits per heavy atom. The Balaban J connectivity index is 1.31. The summed E-state index contributed by atoms with van der Waals surface area (Å²) in [4.78, 5) is 63.2. The summed E-state index contributed by atoms with van der Waals surface area (Å²) in [5, 5.41) is 2.58. The van der Waals surface area contributed by atoms with Gasteiger partial charge in [0.15, 0.2) is 6.61 Å². The topological polar surface area (TPSA) is 119 Å². The largest absolute Gasteiger partial charge is 0.462 e. The van der Waals surface area contributed by atoms with Crippen molar-refractivity contribution in [2.45, 2.75) is 33.1 Å². The molecule has 0 aromatic heterocycles. The molecule has 2 aromatic rings. The number of fused-ring (bicyclic) bond motifs is 1. The lowest BCUT2D eigenvalue weighted by atomic mass is 9.76. The molecule has 1 saturated heterocycles.